The summed E-state index contributed by atoms with van der Waals surface area (Å²) in [7, 11) is -4.48. The van der Waals surface area contributed by atoms with Crippen molar-refractivity contribution in [2.24, 2.45) is 0 Å². The smallest absolute Gasteiger partial charge is 0.282 e. The van der Waals surface area contributed by atoms with Crippen LogP contribution >= 0.6 is 0 Å². The van der Waals surface area contributed by atoms with E-state index in [4.69, 9.17) is 4.55 Å². The minimum absolute atomic E-state index is 0.0846. The Balaban J connectivity index is 2.19. The highest BCUT2D eigenvalue weighted by Gasteiger charge is 2.37. The van der Waals surface area contributed by atoms with E-state index in [1.807, 2.05) is 13.8 Å². The Labute approximate surface area is 152 Å². The first-order valence-corrected chi connectivity index (χ1v) is 8.96. The molecule has 27 heavy (non-hydrogen) atoms. The normalized spacial score (nSPS) is 12.4. The van der Waals surface area contributed by atoms with E-state index in [0.717, 1.165) is 34.1 Å². The van der Waals surface area contributed by atoms with Gasteiger partial charge in [-0.05, 0) is 43.2 Å². The van der Waals surface area contributed by atoms with E-state index in [1.165, 1.54) is 0 Å². The van der Waals surface area contributed by atoms with Gasteiger partial charge in [-0.1, -0.05) is 12.1 Å². The molecule has 0 aliphatic carbocycles. The average Bonchev–Trinajstić information content (AvgIpc) is 3.02. The maximum absolute atomic E-state index is 13.1. The molecule has 3 rings (SSSR count). The van der Waals surface area contributed by atoms with Crippen LogP contribution in [0.15, 0.2) is 41.4 Å². The van der Waals surface area contributed by atoms with Crippen LogP contribution in [0.5, 0.6) is 0 Å². The van der Waals surface area contributed by atoms with Gasteiger partial charge in [0.25, 0.3) is 15.9 Å². The second-order valence-corrected chi connectivity index (χ2v) is 7.22. The van der Waals surface area contributed by atoms with Gasteiger partial charge in [0.15, 0.2) is 11.6 Å². The molecule has 0 bridgehead atoms. The second-order valence-electron chi connectivity index (χ2n) is 5.79. The molecule has 0 unspecified atom stereocenters. The van der Waals surface area contributed by atoms with Gasteiger partial charge < -0.3 is 0 Å². The molecule has 1 N–H and O–H groups in total. The third kappa shape index (κ3) is 3.83. The van der Waals surface area contributed by atoms with Gasteiger partial charge in [0.1, 0.15) is 4.90 Å². The summed E-state index contributed by atoms with van der Waals surface area (Å²) in [5.41, 5.74) is 2.20. The van der Waals surface area contributed by atoms with Crippen LogP contribution in [0.1, 0.15) is 17.0 Å². The molecular formula is C16H13F3N4O3S. The lowest BCUT2D eigenvalue weighted by Crippen LogP contribution is -2.09. The van der Waals surface area contributed by atoms with Crippen LogP contribution < -0.4 is 0 Å². The van der Waals surface area contributed by atoms with E-state index in [0.29, 0.717) is 5.56 Å². The van der Waals surface area contributed by atoms with Crippen LogP contribution in [0.2, 0.25) is 0 Å². The Kier molecular flexibility index (Phi) is 4.52. The Hall–Kier alpha value is -2.79. The molecule has 142 valence electrons. The van der Waals surface area contributed by atoms with Gasteiger partial charge in [-0.2, -0.15) is 26.3 Å². The first-order chi connectivity index (χ1) is 12.5. The summed E-state index contributed by atoms with van der Waals surface area (Å²) in [4.78, 5) is 6.89. The lowest BCUT2D eigenvalue weighted by Gasteiger charge is -2.07. The first-order valence-electron chi connectivity index (χ1n) is 7.52. The van der Waals surface area contributed by atoms with Crippen molar-refractivity contribution in [3.05, 3.63) is 53.5 Å². The maximum atomic E-state index is 13.1. The lowest BCUT2D eigenvalue weighted by molar-refractivity contribution is -0.144. The largest absolute Gasteiger partial charge is 0.453 e. The summed E-state index contributed by atoms with van der Waals surface area (Å²) in [6, 6.07) is 7.16. The molecule has 3 aromatic rings. The molecule has 0 atom stereocenters. The Morgan fingerprint density at radius 2 is 1.78 bits per heavy atom. The zero-order valence-corrected chi connectivity index (χ0v) is 14.9. The molecule has 0 saturated carbocycles. The molecule has 0 spiro atoms. The quantitative estimate of drug-likeness (QED) is 0.681. The fourth-order valence-electron chi connectivity index (χ4n) is 2.31. The molecule has 0 saturated heterocycles. The number of halogens is 3. The van der Waals surface area contributed by atoms with Gasteiger partial charge in [0.2, 0.25) is 0 Å². The molecule has 2 heterocycles. The zero-order valence-electron chi connectivity index (χ0n) is 14.1. The summed E-state index contributed by atoms with van der Waals surface area (Å²) < 4.78 is 71.4. The van der Waals surface area contributed by atoms with Gasteiger partial charge in [-0.25, -0.2) is 9.97 Å². The van der Waals surface area contributed by atoms with Crippen molar-refractivity contribution < 1.29 is 26.1 Å². The predicted octanol–water partition coefficient (Wildman–Crippen LogP) is 3.21. The summed E-state index contributed by atoms with van der Waals surface area (Å²) in [5.74, 6) is -1.53. The second kappa shape index (κ2) is 6.43. The molecule has 0 fully saturated rings. The SMILES string of the molecule is Cc1ccc(-c2nc(C(F)(F)F)nn2-c2ccc(S(=O)(=O)O)cn2)cc1C. The number of rotatable bonds is 3. The third-order valence-corrected chi connectivity index (χ3v) is 4.70. The summed E-state index contributed by atoms with van der Waals surface area (Å²) in [6.45, 7) is 3.67. The van der Waals surface area contributed by atoms with Crippen LogP contribution in [-0.4, -0.2) is 32.7 Å². The number of hydrogen-bond acceptors (Lipinski definition) is 5. The van der Waals surface area contributed by atoms with Gasteiger partial charge in [0.05, 0.1) is 6.20 Å². The number of nitrogens with zero attached hydrogens (tertiary/aromatic N) is 4. The van der Waals surface area contributed by atoms with Crippen LogP contribution in [0.3, 0.4) is 0 Å². The van der Waals surface area contributed by atoms with E-state index >= 15 is 0 Å². The van der Waals surface area contributed by atoms with Crippen LogP contribution in [0.4, 0.5) is 13.2 Å². The minimum atomic E-state index is -4.77. The maximum Gasteiger partial charge on any atom is 0.453 e. The van der Waals surface area contributed by atoms with E-state index in [1.54, 1.807) is 18.2 Å². The van der Waals surface area contributed by atoms with E-state index in [-0.39, 0.29) is 11.6 Å². The third-order valence-electron chi connectivity index (χ3n) is 3.86. The van der Waals surface area contributed by atoms with Crippen molar-refractivity contribution in [3.63, 3.8) is 0 Å². The van der Waals surface area contributed by atoms with Crippen molar-refractivity contribution in [1.82, 2.24) is 19.7 Å². The van der Waals surface area contributed by atoms with Crippen molar-refractivity contribution in [3.8, 4) is 17.2 Å². The van der Waals surface area contributed by atoms with Gasteiger partial charge in [-0.3, -0.25) is 4.55 Å². The summed E-state index contributed by atoms with van der Waals surface area (Å²) in [6.07, 6.45) is -3.95. The fourth-order valence-corrected chi connectivity index (χ4v) is 2.74. The monoisotopic (exact) mass is 398 g/mol. The number of benzene rings is 1. The van der Waals surface area contributed by atoms with E-state index < -0.39 is 27.0 Å². The van der Waals surface area contributed by atoms with Crippen LogP contribution in [0, 0.1) is 13.8 Å². The van der Waals surface area contributed by atoms with Gasteiger partial charge >= 0.3 is 6.18 Å². The van der Waals surface area contributed by atoms with E-state index in [2.05, 4.69) is 15.1 Å². The molecule has 0 aliphatic rings. The Morgan fingerprint density at radius 1 is 1.07 bits per heavy atom. The number of alkyl halides is 3. The van der Waals surface area contributed by atoms with Gasteiger partial charge in [0, 0.05) is 5.56 Å². The topological polar surface area (TPSA) is 98.0 Å². The molecule has 2 aromatic heterocycles. The predicted molar refractivity (Wildman–Crippen MR) is 88.9 cm³/mol. The standard InChI is InChI=1S/C16H13F3N4O3S/c1-9-3-4-11(7-10(9)2)14-21-15(16(17,18)19)22-23(14)13-6-5-12(8-20-13)27(24,25)26/h3-8H,1-2H3,(H,24,25,26). The molecule has 1 aromatic carbocycles. The van der Waals surface area contributed by atoms with Crippen molar-refractivity contribution in [1.29, 1.82) is 0 Å². The first kappa shape index (κ1) is 19.0. The zero-order chi connectivity index (χ0) is 20.0. The van der Waals surface area contributed by atoms with Crippen LogP contribution in [0.25, 0.3) is 17.2 Å². The molecule has 7 nitrogen and oxygen atoms in total. The minimum Gasteiger partial charge on any atom is -0.282 e. The Morgan fingerprint density at radius 3 is 2.30 bits per heavy atom. The number of hydrogen-bond donors (Lipinski definition) is 1. The molecule has 0 amide bonds. The average molecular weight is 398 g/mol. The number of aromatic nitrogens is 4. The summed E-state index contributed by atoms with van der Waals surface area (Å²) >= 11 is 0. The molecular weight excluding hydrogens is 385 g/mol. The summed E-state index contributed by atoms with van der Waals surface area (Å²) in [5, 5.41) is 3.48. The molecule has 11 heteroatoms. The highest BCUT2D eigenvalue weighted by Crippen LogP contribution is 2.30. The molecule has 0 aliphatic heterocycles. The van der Waals surface area contributed by atoms with Crippen LogP contribution in [-0.2, 0) is 16.3 Å². The molecule has 0 radical (unpaired) electrons. The van der Waals surface area contributed by atoms with Gasteiger partial charge in [-0.15, -0.1) is 5.10 Å². The number of pyridine rings is 1. The van der Waals surface area contributed by atoms with Crippen molar-refractivity contribution in [2.45, 2.75) is 24.9 Å². The highest BCUT2D eigenvalue weighted by molar-refractivity contribution is 7.85. The van der Waals surface area contributed by atoms with Crippen molar-refractivity contribution >= 4 is 10.1 Å². The fraction of sp³-hybridized carbons (Fsp3) is 0.188. The highest BCUT2D eigenvalue weighted by atomic mass is 32.2. The number of aryl methyl sites for hydroxylation is 2. The Bertz CT molecular complexity index is 1110. The lowest BCUT2D eigenvalue weighted by atomic mass is 10.1. The van der Waals surface area contributed by atoms with E-state index in [9.17, 15) is 21.6 Å². The van der Waals surface area contributed by atoms with Crippen molar-refractivity contribution in [2.75, 3.05) is 0 Å².